The van der Waals surface area contributed by atoms with Gasteiger partial charge in [-0.3, -0.25) is 14.5 Å². The van der Waals surface area contributed by atoms with Gasteiger partial charge in [-0.2, -0.15) is 0 Å². The van der Waals surface area contributed by atoms with Crippen LogP contribution < -0.4 is 5.32 Å². The highest BCUT2D eigenvalue weighted by molar-refractivity contribution is 6.30. The van der Waals surface area contributed by atoms with E-state index in [0.717, 1.165) is 13.1 Å². The van der Waals surface area contributed by atoms with Gasteiger partial charge in [-0.25, -0.2) is 0 Å². The molecule has 0 saturated carbocycles. The van der Waals surface area contributed by atoms with E-state index in [9.17, 15) is 9.59 Å². The van der Waals surface area contributed by atoms with Crippen molar-refractivity contribution in [1.29, 1.82) is 0 Å². The number of amides is 1. The van der Waals surface area contributed by atoms with Gasteiger partial charge in [0.2, 0.25) is 5.91 Å². The first kappa shape index (κ1) is 18.6. The largest absolute Gasteiger partial charge is 0.379 e. The number of ether oxygens (including phenoxy) is 1. The Morgan fingerprint density at radius 2 is 1.73 bits per heavy atom. The van der Waals surface area contributed by atoms with Crippen LogP contribution in [0.2, 0.25) is 5.02 Å². The summed E-state index contributed by atoms with van der Waals surface area (Å²) in [5, 5.41) is 3.47. The zero-order chi connectivity index (χ0) is 18.5. The van der Waals surface area contributed by atoms with Crippen molar-refractivity contribution < 1.29 is 14.3 Å². The molecule has 0 radical (unpaired) electrons. The number of para-hydroxylation sites is 1. The summed E-state index contributed by atoms with van der Waals surface area (Å²) in [4.78, 5) is 27.5. The number of ketones is 1. The Balaban J connectivity index is 1.77. The van der Waals surface area contributed by atoms with E-state index in [2.05, 4.69) is 10.2 Å². The van der Waals surface area contributed by atoms with Crippen LogP contribution >= 0.6 is 11.6 Å². The Labute approximate surface area is 157 Å². The Hall–Kier alpha value is -2.21. The summed E-state index contributed by atoms with van der Waals surface area (Å²) in [5.41, 5.74) is 1.49. The van der Waals surface area contributed by atoms with Gasteiger partial charge >= 0.3 is 0 Å². The summed E-state index contributed by atoms with van der Waals surface area (Å²) in [7, 11) is 0. The van der Waals surface area contributed by atoms with Crippen molar-refractivity contribution in [1.82, 2.24) is 4.90 Å². The molecule has 5 nitrogen and oxygen atoms in total. The molecule has 0 spiro atoms. The summed E-state index contributed by atoms with van der Waals surface area (Å²) in [6.07, 6.45) is 0. The number of hydrogen-bond donors (Lipinski definition) is 1. The molecule has 0 aliphatic carbocycles. The molecular formula is C20H21ClN2O3. The molecule has 0 unspecified atom stereocenters. The van der Waals surface area contributed by atoms with E-state index in [1.807, 2.05) is 6.92 Å². The van der Waals surface area contributed by atoms with Gasteiger partial charge in [0, 0.05) is 29.2 Å². The van der Waals surface area contributed by atoms with E-state index in [1.54, 1.807) is 48.5 Å². The molecule has 1 N–H and O–H groups in total. The van der Waals surface area contributed by atoms with Gasteiger partial charge in [-0.05, 0) is 43.3 Å². The molecule has 6 heteroatoms. The Morgan fingerprint density at radius 1 is 1.08 bits per heavy atom. The molecule has 1 fully saturated rings. The van der Waals surface area contributed by atoms with Crippen molar-refractivity contribution >= 4 is 29.0 Å². The van der Waals surface area contributed by atoms with Crippen molar-refractivity contribution in [2.45, 2.75) is 13.0 Å². The molecule has 1 saturated heterocycles. The number of morpholine rings is 1. The summed E-state index contributed by atoms with van der Waals surface area (Å²) < 4.78 is 5.33. The summed E-state index contributed by atoms with van der Waals surface area (Å²) >= 11 is 5.89. The normalized spacial score (nSPS) is 16.1. The van der Waals surface area contributed by atoms with E-state index in [4.69, 9.17) is 16.3 Å². The van der Waals surface area contributed by atoms with E-state index in [0.29, 0.717) is 35.1 Å². The average molecular weight is 373 g/mol. The van der Waals surface area contributed by atoms with Crippen LogP contribution in [0, 0.1) is 0 Å². The number of hydrogen-bond acceptors (Lipinski definition) is 4. The molecular weight excluding hydrogens is 352 g/mol. The highest BCUT2D eigenvalue weighted by atomic mass is 35.5. The second kappa shape index (κ2) is 8.45. The van der Waals surface area contributed by atoms with E-state index in [1.165, 1.54) is 0 Å². The van der Waals surface area contributed by atoms with E-state index in [-0.39, 0.29) is 17.7 Å². The van der Waals surface area contributed by atoms with Crippen LogP contribution in [0.3, 0.4) is 0 Å². The lowest BCUT2D eigenvalue weighted by molar-refractivity contribution is -0.122. The van der Waals surface area contributed by atoms with Gasteiger partial charge < -0.3 is 10.1 Å². The maximum Gasteiger partial charge on any atom is 0.241 e. The molecule has 1 atom stereocenters. The van der Waals surface area contributed by atoms with Gasteiger partial charge in [0.25, 0.3) is 0 Å². The molecule has 2 aromatic rings. The first-order chi connectivity index (χ1) is 12.6. The summed E-state index contributed by atoms with van der Waals surface area (Å²) in [5.74, 6) is -0.292. The Bertz CT molecular complexity index is 786. The SMILES string of the molecule is C[C@H](C(=O)Nc1ccccc1C(=O)c1ccc(Cl)cc1)N1CCOCC1. The molecule has 26 heavy (non-hydrogen) atoms. The van der Waals surface area contributed by atoms with Crippen molar-refractivity contribution in [2.75, 3.05) is 31.6 Å². The fourth-order valence-electron chi connectivity index (χ4n) is 2.91. The van der Waals surface area contributed by atoms with Crippen LogP contribution in [-0.4, -0.2) is 48.9 Å². The molecule has 1 aliphatic heterocycles. The first-order valence-corrected chi connectivity index (χ1v) is 8.96. The minimum absolute atomic E-state index is 0.136. The van der Waals surface area contributed by atoms with Crippen LogP contribution in [0.25, 0.3) is 0 Å². The fourth-order valence-corrected chi connectivity index (χ4v) is 3.04. The Morgan fingerprint density at radius 3 is 2.42 bits per heavy atom. The average Bonchev–Trinajstić information content (AvgIpc) is 2.68. The number of anilines is 1. The predicted octanol–water partition coefficient (Wildman–Crippen LogP) is 3.23. The third-order valence-corrected chi connectivity index (χ3v) is 4.76. The van der Waals surface area contributed by atoms with Crippen molar-refractivity contribution in [2.24, 2.45) is 0 Å². The number of halogens is 1. The highest BCUT2D eigenvalue weighted by Gasteiger charge is 2.24. The van der Waals surface area contributed by atoms with Crippen molar-refractivity contribution in [3.8, 4) is 0 Å². The fraction of sp³-hybridized carbons (Fsp3) is 0.300. The number of carbonyl (C=O) groups excluding carboxylic acids is 2. The summed E-state index contributed by atoms with van der Waals surface area (Å²) in [6, 6.07) is 13.5. The quantitative estimate of drug-likeness (QED) is 0.819. The number of carbonyl (C=O) groups is 2. The highest BCUT2D eigenvalue weighted by Crippen LogP contribution is 2.21. The third kappa shape index (κ3) is 4.30. The number of nitrogens with one attached hydrogen (secondary N) is 1. The Kier molecular flexibility index (Phi) is 6.04. The molecule has 136 valence electrons. The van der Waals surface area contributed by atoms with E-state index >= 15 is 0 Å². The van der Waals surface area contributed by atoms with Gasteiger partial charge in [-0.15, -0.1) is 0 Å². The van der Waals surface area contributed by atoms with Crippen molar-refractivity contribution in [3.63, 3.8) is 0 Å². The first-order valence-electron chi connectivity index (χ1n) is 8.58. The molecule has 2 aromatic carbocycles. The third-order valence-electron chi connectivity index (χ3n) is 4.51. The zero-order valence-electron chi connectivity index (χ0n) is 14.6. The minimum atomic E-state index is -0.294. The van der Waals surface area contributed by atoms with Gasteiger partial charge in [0.1, 0.15) is 0 Å². The lowest BCUT2D eigenvalue weighted by atomic mass is 10.0. The molecule has 1 heterocycles. The smallest absolute Gasteiger partial charge is 0.241 e. The van der Waals surface area contributed by atoms with Gasteiger partial charge in [-0.1, -0.05) is 23.7 Å². The molecule has 3 rings (SSSR count). The standard InChI is InChI=1S/C20H21ClN2O3/c1-14(23-10-12-26-13-11-23)20(25)22-18-5-3-2-4-17(18)19(24)15-6-8-16(21)9-7-15/h2-9,14H,10-13H2,1H3,(H,22,25)/t14-/m1/s1. The number of rotatable bonds is 5. The van der Waals surface area contributed by atoms with Gasteiger partial charge in [0.15, 0.2) is 5.78 Å². The lowest BCUT2D eigenvalue weighted by Gasteiger charge is -2.31. The lowest BCUT2D eigenvalue weighted by Crippen LogP contribution is -2.47. The van der Waals surface area contributed by atoms with Crippen LogP contribution in [0.15, 0.2) is 48.5 Å². The van der Waals surface area contributed by atoms with Crippen LogP contribution in [0.4, 0.5) is 5.69 Å². The van der Waals surface area contributed by atoms with E-state index < -0.39 is 0 Å². The molecule has 1 aliphatic rings. The molecule has 0 aromatic heterocycles. The van der Waals surface area contributed by atoms with Crippen molar-refractivity contribution in [3.05, 3.63) is 64.7 Å². The molecule has 0 bridgehead atoms. The number of benzene rings is 2. The second-order valence-corrected chi connectivity index (χ2v) is 6.63. The van der Waals surface area contributed by atoms with Crippen LogP contribution in [0.1, 0.15) is 22.8 Å². The van der Waals surface area contributed by atoms with Gasteiger partial charge in [0.05, 0.1) is 24.9 Å². The maximum absolute atomic E-state index is 12.8. The number of nitrogens with zero attached hydrogens (tertiary/aromatic N) is 1. The minimum Gasteiger partial charge on any atom is -0.379 e. The summed E-state index contributed by atoms with van der Waals surface area (Å²) in [6.45, 7) is 4.57. The zero-order valence-corrected chi connectivity index (χ0v) is 15.3. The predicted molar refractivity (Wildman–Crippen MR) is 102 cm³/mol. The maximum atomic E-state index is 12.8. The molecule has 1 amide bonds. The van der Waals surface area contributed by atoms with Crippen LogP contribution in [0.5, 0.6) is 0 Å². The van der Waals surface area contributed by atoms with Crippen LogP contribution in [-0.2, 0) is 9.53 Å². The monoisotopic (exact) mass is 372 g/mol. The topological polar surface area (TPSA) is 58.6 Å². The second-order valence-electron chi connectivity index (χ2n) is 6.20.